The molecule has 0 spiro atoms. The lowest BCUT2D eigenvalue weighted by molar-refractivity contribution is -0.164. The molecule has 4 N–H and O–H groups in total. The van der Waals surface area contributed by atoms with Gasteiger partial charge in [0.2, 0.25) is 0 Å². The summed E-state index contributed by atoms with van der Waals surface area (Å²) in [5, 5.41) is 1.98. The normalized spacial score (nSPS) is 13.3. The molecule has 0 aromatic heterocycles. The minimum atomic E-state index is -4.64. The van der Waals surface area contributed by atoms with Crippen molar-refractivity contribution >= 4 is 7.82 Å². The van der Waals surface area contributed by atoms with E-state index in [-0.39, 0.29) is 0 Å². The molecule has 0 aliphatic carbocycles. The molecule has 0 aromatic carbocycles. The average Bonchev–Trinajstić information content (AvgIpc) is 1.93. The fraction of sp³-hybridized carbons (Fsp3) is 1.00. The molecule has 0 fully saturated rings. The fourth-order valence-electron chi connectivity index (χ4n) is 0.835. The predicted molar refractivity (Wildman–Crippen MR) is 48.5 cm³/mol. The summed E-state index contributed by atoms with van der Waals surface area (Å²) >= 11 is 0. The van der Waals surface area contributed by atoms with Crippen LogP contribution in [0.15, 0.2) is 0 Å². The van der Waals surface area contributed by atoms with Crippen LogP contribution in [0.2, 0.25) is 0 Å². The molecule has 0 heterocycles. The van der Waals surface area contributed by atoms with Gasteiger partial charge in [-0.1, -0.05) is 0 Å². The number of alkyl halides is 6. The van der Waals surface area contributed by atoms with Crippen molar-refractivity contribution in [2.24, 2.45) is 0 Å². The maximum absolute atomic E-state index is 11.7. The summed E-state index contributed by atoms with van der Waals surface area (Å²) in [5.41, 5.74) is 0. The van der Waals surface area contributed by atoms with E-state index in [0.717, 1.165) is 7.05 Å². The Morgan fingerprint density at radius 3 is 1.33 bits per heavy atom. The fourth-order valence-corrected chi connectivity index (χ4v) is 0.835. The van der Waals surface area contributed by atoms with Crippen LogP contribution in [0.3, 0.4) is 0 Å². The highest BCUT2D eigenvalue weighted by Crippen LogP contribution is 2.28. The topological polar surface area (TPSA) is 89.8 Å². The van der Waals surface area contributed by atoms with Gasteiger partial charge in [-0.05, 0) is 7.05 Å². The Morgan fingerprint density at radius 1 is 1.00 bits per heavy atom. The van der Waals surface area contributed by atoms with E-state index in [0.29, 0.717) is 0 Å². The highest BCUT2D eigenvalue weighted by molar-refractivity contribution is 7.45. The summed E-state index contributed by atoms with van der Waals surface area (Å²) in [7, 11) is -3.57. The van der Waals surface area contributed by atoms with E-state index in [1.54, 1.807) is 0 Å². The summed E-state index contributed by atoms with van der Waals surface area (Å²) < 4.78 is 78.8. The van der Waals surface area contributed by atoms with E-state index in [9.17, 15) is 26.3 Å². The van der Waals surface area contributed by atoms with Crippen LogP contribution in [-0.2, 0) is 4.57 Å². The summed E-state index contributed by atoms with van der Waals surface area (Å²) in [6, 6.07) is -1.60. The smallest absolute Gasteiger partial charge is 0.316 e. The Labute approximate surface area is 98.0 Å². The average molecular weight is 307 g/mol. The number of hydrogen-bond donors (Lipinski definition) is 4. The molecule has 0 saturated heterocycles. The molecule has 18 heavy (non-hydrogen) atoms. The van der Waals surface area contributed by atoms with Crippen LogP contribution in [0.25, 0.3) is 0 Å². The molecular weight excluding hydrogens is 295 g/mol. The first-order valence-corrected chi connectivity index (χ1v) is 5.79. The zero-order valence-corrected chi connectivity index (χ0v) is 9.85. The van der Waals surface area contributed by atoms with Crippen LogP contribution in [0, 0.1) is 0 Å². The zero-order chi connectivity index (χ0) is 15.2. The maximum atomic E-state index is 11.7. The van der Waals surface area contributed by atoms with E-state index in [2.05, 4.69) is 0 Å². The summed E-state index contributed by atoms with van der Waals surface area (Å²) in [4.78, 5) is 21.6. The highest BCUT2D eigenvalue weighted by Gasteiger charge is 2.37. The predicted octanol–water partition coefficient (Wildman–Crippen LogP) is 1.55. The molecule has 0 aliphatic rings. The Morgan fingerprint density at radius 2 is 1.22 bits per heavy atom. The van der Waals surface area contributed by atoms with E-state index in [1.165, 1.54) is 0 Å². The van der Waals surface area contributed by atoms with Crippen molar-refractivity contribution in [3.63, 3.8) is 0 Å². The number of hydrogen-bond acceptors (Lipinski definition) is 2. The second-order valence-electron chi connectivity index (χ2n) is 3.14. The maximum Gasteiger partial charge on any atom is 0.466 e. The van der Waals surface area contributed by atoms with Crippen molar-refractivity contribution in [3.8, 4) is 0 Å². The lowest BCUT2D eigenvalue weighted by atomic mass is 10.1. The lowest BCUT2D eigenvalue weighted by Gasteiger charge is -2.19. The van der Waals surface area contributed by atoms with Crippen molar-refractivity contribution in [3.05, 3.63) is 0 Å². The molecule has 12 heteroatoms. The van der Waals surface area contributed by atoms with Crippen molar-refractivity contribution in [1.29, 1.82) is 0 Å². The molecule has 0 amide bonds. The Kier molecular flexibility index (Phi) is 8.09. The van der Waals surface area contributed by atoms with Crippen LogP contribution in [0.5, 0.6) is 0 Å². The summed E-state index contributed by atoms with van der Waals surface area (Å²) in [5.74, 6) is 0. The van der Waals surface area contributed by atoms with E-state index in [4.69, 9.17) is 19.2 Å². The van der Waals surface area contributed by atoms with Crippen molar-refractivity contribution in [2.45, 2.75) is 31.2 Å². The quantitative estimate of drug-likeness (QED) is 0.469. The van der Waals surface area contributed by atoms with Crippen molar-refractivity contribution in [1.82, 2.24) is 5.32 Å². The molecule has 0 rings (SSSR count). The lowest BCUT2D eigenvalue weighted by Crippen LogP contribution is -2.35. The Bertz CT molecular complexity index is 250. The Balaban J connectivity index is 0. The van der Waals surface area contributed by atoms with Gasteiger partial charge in [-0.2, -0.15) is 26.3 Å². The standard InChI is InChI=1S/C6H9F6N.H3O4P/c1-13-4(2-5(7,8)9)3-6(10,11)12;1-5(2,3)4/h4,13H,2-3H2,1H3;(H3,1,2,3,4). The van der Waals surface area contributed by atoms with Gasteiger partial charge in [-0.25, -0.2) is 4.57 Å². The number of phosphoric acid groups is 1. The first kappa shape index (κ1) is 20.0. The van der Waals surface area contributed by atoms with Crippen LogP contribution in [0.4, 0.5) is 26.3 Å². The largest absolute Gasteiger partial charge is 0.466 e. The van der Waals surface area contributed by atoms with E-state index >= 15 is 0 Å². The van der Waals surface area contributed by atoms with Gasteiger partial charge in [0, 0.05) is 6.04 Å². The number of rotatable bonds is 3. The second-order valence-corrected chi connectivity index (χ2v) is 4.16. The third kappa shape index (κ3) is 24.7. The van der Waals surface area contributed by atoms with Gasteiger partial charge in [0.1, 0.15) is 0 Å². The van der Waals surface area contributed by atoms with Crippen LogP contribution in [0.1, 0.15) is 12.8 Å². The van der Waals surface area contributed by atoms with Gasteiger partial charge < -0.3 is 20.0 Å². The minimum absolute atomic E-state index is 1.07. The molecule has 112 valence electrons. The third-order valence-electron chi connectivity index (χ3n) is 1.36. The number of nitrogens with one attached hydrogen (secondary N) is 1. The van der Waals surface area contributed by atoms with Crippen molar-refractivity contribution < 1.29 is 45.6 Å². The zero-order valence-electron chi connectivity index (χ0n) is 8.96. The molecule has 0 bridgehead atoms. The van der Waals surface area contributed by atoms with E-state index < -0.39 is 39.1 Å². The highest BCUT2D eigenvalue weighted by atomic mass is 31.2. The number of halogens is 6. The molecule has 0 atom stereocenters. The van der Waals surface area contributed by atoms with Crippen LogP contribution < -0.4 is 5.32 Å². The first-order valence-electron chi connectivity index (χ1n) is 4.23. The van der Waals surface area contributed by atoms with Crippen molar-refractivity contribution in [2.75, 3.05) is 7.05 Å². The van der Waals surface area contributed by atoms with Gasteiger partial charge in [-0.15, -0.1) is 0 Å². The molecule has 0 radical (unpaired) electrons. The van der Waals surface area contributed by atoms with Gasteiger partial charge in [0.15, 0.2) is 0 Å². The van der Waals surface area contributed by atoms with Gasteiger partial charge in [0.25, 0.3) is 0 Å². The summed E-state index contributed by atoms with van der Waals surface area (Å²) in [6.07, 6.45) is -12.1. The second kappa shape index (κ2) is 7.29. The Hall–Kier alpha value is -0.350. The first-order chi connectivity index (χ1) is 7.64. The van der Waals surface area contributed by atoms with Gasteiger partial charge >= 0.3 is 20.2 Å². The van der Waals surface area contributed by atoms with E-state index in [1.807, 2.05) is 5.32 Å². The summed E-state index contributed by atoms with van der Waals surface area (Å²) in [6.45, 7) is 0. The van der Waals surface area contributed by atoms with Gasteiger partial charge in [-0.3, -0.25) is 0 Å². The SMILES string of the molecule is CNC(CC(F)(F)F)CC(F)(F)F.O=P(O)(O)O. The minimum Gasteiger partial charge on any atom is -0.316 e. The molecule has 0 unspecified atom stereocenters. The molecular formula is C6H12F6NO4P. The molecule has 0 aromatic rings. The monoisotopic (exact) mass is 307 g/mol. The molecule has 0 aliphatic heterocycles. The van der Waals surface area contributed by atoms with Crippen LogP contribution in [-0.4, -0.2) is 40.1 Å². The van der Waals surface area contributed by atoms with Crippen LogP contribution >= 0.6 is 7.82 Å². The molecule has 5 nitrogen and oxygen atoms in total. The molecule has 0 saturated carbocycles. The third-order valence-corrected chi connectivity index (χ3v) is 1.36. The van der Waals surface area contributed by atoms with Gasteiger partial charge in [0.05, 0.1) is 12.8 Å².